The maximum atomic E-state index is 6.49. The molecule has 1 atom stereocenters. The Kier molecular flexibility index (Phi) is 4.04. The summed E-state index contributed by atoms with van der Waals surface area (Å²) in [7, 11) is 0. The number of hydrogen-bond acceptors (Lipinski definition) is 1. The predicted molar refractivity (Wildman–Crippen MR) is 76.7 cm³/mol. The van der Waals surface area contributed by atoms with Crippen molar-refractivity contribution in [2.24, 2.45) is 0 Å². The first-order valence-electron chi connectivity index (χ1n) is 6.02. The summed E-state index contributed by atoms with van der Waals surface area (Å²) in [5, 5.41) is 0.509. The molecule has 0 fully saturated rings. The van der Waals surface area contributed by atoms with Crippen LogP contribution in [0.3, 0.4) is 0 Å². The molecule has 0 aliphatic rings. The molecule has 0 aliphatic heterocycles. The quantitative estimate of drug-likeness (QED) is 0.683. The number of halogens is 2. The standard InChI is InChI=1S/C15H16Cl2O/c1-4-11-5-6-14(18-11)15(17)12-7-10(3)13(16)8-9(12)2/h5-8,15H,4H2,1-3H3. The van der Waals surface area contributed by atoms with E-state index in [1.54, 1.807) is 0 Å². The first-order chi connectivity index (χ1) is 8.52. The van der Waals surface area contributed by atoms with Crippen molar-refractivity contribution in [2.45, 2.75) is 32.6 Å². The Balaban J connectivity index is 2.39. The average Bonchev–Trinajstić information content (AvgIpc) is 2.81. The van der Waals surface area contributed by atoms with Crippen molar-refractivity contribution in [1.29, 1.82) is 0 Å². The summed E-state index contributed by atoms with van der Waals surface area (Å²) >= 11 is 12.6. The monoisotopic (exact) mass is 282 g/mol. The molecule has 1 heterocycles. The second kappa shape index (κ2) is 5.38. The van der Waals surface area contributed by atoms with Gasteiger partial charge in [-0.1, -0.05) is 24.6 Å². The van der Waals surface area contributed by atoms with Crippen molar-refractivity contribution in [2.75, 3.05) is 0 Å². The van der Waals surface area contributed by atoms with Gasteiger partial charge >= 0.3 is 0 Å². The Hall–Kier alpha value is -0.920. The smallest absolute Gasteiger partial charge is 0.126 e. The fraction of sp³-hybridized carbons (Fsp3) is 0.333. The van der Waals surface area contributed by atoms with Gasteiger partial charge in [-0.15, -0.1) is 11.6 Å². The van der Waals surface area contributed by atoms with Crippen LogP contribution in [0.2, 0.25) is 5.02 Å². The highest BCUT2D eigenvalue weighted by Gasteiger charge is 2.18. The fourth-order valence-corrected chi connectivity index (χ4v) is 2.52. The van der Waals surface area contributed by atoms with Crippen molar-refractivity contribution in [1.82, 2.24) is 0 Å². The zero-order valence-electron chi connectivity index (χ0n) is 10.8. The highest BCUT2D eigenvalue weighted by Crippen LogP contribution is 2.34. The SMILES string of the molecule is CCc1ccc(C(Cl)c2cc(C)c(Cl)cc2C)o1. The van der Waals surface area contributed by atoms with Crippen LogP contribution in [0, 0.1) is 13.8 Å². The van der Waals surface area contributed by atoms with Gasteiger partial charge in [0.2, 0.25) is 0 Å². The van der Waals surface area contributed by atoms with Crippen LogP contribution in [0.15, 0.2) is 28.7 Å². The fourth-order valence-electron chi connectivity index (χ4n) is 1.95. The van der Waals surface area contributed by atoms with Gasteiger partial charge in [0, 0.05) is 11.4 Å². The maximum absolute atomic E-state index is 6.49. The molecule has 0 saturated carbocycles. The Labute approximate surface area is 118 Å². The Morgan fingerprint density at radius 1 is 1.17 bits per heavy atom. The van der Waals surface area contributed by atoms with Crippen molar-refractivity contribution >= 4 is 23.2 Å². The first-order valence-corrected chi connectivity index (χ1v) is 6.83. The summed E-state index contributed by atoms with van der Waals surface area (Å²) in [6.07, 6.45) is 0.877. The van der Waals surface area contributed by atoms with E-state index in [2.05, 4.69) is 6.92 Å². The molecule has 0 saturated heterocycles. The molecule has 2 rings (SSSR count). The maximum Gasteiger partial charge on any atom is 0.126 e. The molecule has 1 aromatic carbocycles. The zero-order valence-corrected chi connectivity index (χ0v) is 12.3. The second-order valence-corrected chi connectivity index (χ2v) is 5.32. The zero-order chi connectivity index (χ0) is 13.3. The van der Waals surface area contributed by atoms with Gasteiger partial charge in [-0.2, -0.15) is 0 Å². The molecule has 0 radical (unpaired) electrons. The minimum Gasteiger partial charge on any atom is -0.464 e. The van der Waals surface area contributed by atoms with E-state index < -0.39 is 0 Å². The van der Waals surface area contributed by atoms with Crippen LogP contribution in [0.5, 0.6) is 0 Å². The molecule has 18 heavy (non-hydrogen) atoms. The van der Waals surface area contributed by atoms with E-state index in [9.17, 15) is 0 Å². The van der Waals surface area contributed by atoms with Gasteiger partial charge in [0.1, 0.15) is 16.9 Å². The van der Waals surface area contributed by atoms with E-state index in [0.29, 0.717) is 0 Å². The number of benzene rings is 1. The molecule has 96 valence electrons. The largest absolute Gasteiger partial charge is 0.464 e. The third kappa shape index (κ3) is 2.57. The average molecular weight is 283 g/mol. The lowest BCUT2D eigenvalue weighted by Crippen LogP contribution is -1.96. The molecule has 3 heteroatoms. The molecule has 2 aromatic rings. The molecule has 1 aromatic heterocycles. The number of aryl methyl sites for hydroxylation is 3. The molecule has 0 spiro atoms. The van der Waals surface area contributed by atoms with Crippen molar-refractivity contribution in [3.05, 3.63) is 57.5 Å². The number of rotatable bonds is 3. The Morgan fingerprint density at radius 2 is 1.89 bits per heavy atom. The van der Waals surface area contributed by atoms with Gasteiger partial charge in [-0.05, 0) is 48.7 Å². The first kappa shape index (κ1) is 13.5. The summed E-state index contributed by atoms with van der Waals surface area (Å²) in [6.45, 7) is 6.05. The van der Waals surface area contributed by atoms with Crippen molar-refractivity contribution in [3.63, 3.8) is 0 Å². The van der Waals surface area contributed by atoms with Crippen molar-refractivity contribution in [3.8, 4) is 0 Å². The van der Waals surface area contributed by atoms with Crippen molar-refractivity contribution < 1.29 is 4.42 Å². The summed E-state index contributed by atoms with van der Waals surface area (Å²) < 4.78 is 5.71. The van der Waals surface area contributed by atoms with Gasteiger partial charge in [0.25, 0.3) is 0 Å². The third-order valence-electron chi connectivity index (χ3n) is 3.10. The van der Waals surface area contributed by atoms with Crippen LogP contribution in [0.25, 0.3) is 0 Å². The van der Waals surface area contributed by atoms with Crippen LogP contribution in [-0.4, -0.2) is 0 Å². The van der Waals surface area contributed by atoms with Gasteiger partial charge < -0.3 is 4.42 Å². The van der Waals surface area contributed by atoms with Crippen LogP contribution in [0.1, 0.15) is 40.5 Å². The lowest BCUT2D eigenvalue weighted by atomic mass is 10.0. The van der Waals surface area contributed by atoms with Crippen LogP contribution >= 0.6 is 23.2 Å². The van der Waals surface area contributed by atoms with E-state index in [-0.39, 0.29) is 5.38 Å². The molecule has 0 bridgehead atoms. The lowest BCUT2D eigenvalue weighted by Gasteiger charge is -2.12. The van der Waals surface area contributed by atoms with Gasteiger partial charge in [-0.3, -0.25) is 0 Å². The van der Waals surface area contributed by atoms with E-state index in [1.165, 1.54) is 0 Å². The van der Waals surface area contributed by atoms with E-state index >= 15 is 0 Å². The normalized spacial score (nSPS) is 12.7. The topological polar surface area (TPSA) is 13.1 Å². The summed E-state index contributed by atoms with van der Waals surface area (Å²) in [5.41, 5.74) is 3.17. The number of hydrogen-bond donors (Lipinski definition) is 0. The molecule has 1 unspecified atom stereocenters. The van der Waals surface area contributed by atoms with E-state index in [1.807, 2.05) is 38.1 Å². The van der Waals surface area contributed by atoms with Crippen LogP contribution in [0.4, 0.5) is 0 Å². The van der Waals surface area contributed by atoms with Gasteiger partial charge in [0.05, 0.1) is 0 Å². The summed E-state index contributed by atoms with van der Waals surface area (Å²) in [6, 6.07) is 7.90. The molecule has 1 nitrogen and oxygen atoms in total. The third-order valence-corrected chi connectivity index (χ3v) is 3.96. The predicted octanol–water partition coefficient (Wildman–Crippen LogP) is 5.44. The van der Waals surface area contributed by atoms with E-state index in [4.69, 9.17) is 27.6 Å². The Morgan fingerprint density at radius 3 is 2.50 bits per heavy atom. The molecular formula is C15H16Cl2O. The number of alkyl halides is 1. The molecule has 0 N–H and O–H groups in total. The highest BCUT2D eigenvalue weighted by atomic mass is 35.5. The van der Waals surface area contributed by atoms with Gasteiger partial charge in [0.15, 0.2) is 0 Å². The highest BCUT2D eigenvalue weighted by molar-refractivity contribution is 6.31. The Bertz CT molecular complexity index is 558. The van der Waals surface area contributed by atoms with Gasteiger partial charge in [-0.25, -0.2) is 0 Å². The number of furan rings is 1. The minimum atomic E-state index is -0.263. The molecule has 0 amide bonds. The molecular weight excluding hydrogens is 267 g/mol. The van der Waals surface area contributed by atoms with Crippen LogP contribution < -0.4 is 0 Å². The minimum absolute atomic E-state index is 0.263. The lowest BCUT2D eigenvalue weighted by molar-refractivity contribution is 0.474. The summed E-state index contributed by atoms with van der Waals surface area (Å²) in [5.74, 6) is 1.75. The molecule has 0 aliphatic carbocycles. The van der Waals surface area contributed by atoms with Crippen LogP contribution in [-0.2, 0) is 6.42 Å². The summed E-state index contributed by atoms with van der Waals surface area (Å²) in [4.78, 5) is 0. The second-order valence-electron chi connectivity index (χ2n) is 4.48. The van der Waals surface area contributed by atoms with E-state index in [0.717, 1.165) is 39.7 Å².